The highest BCUT2D eigenvalue weighted by atomic mass is 127. The van der Waals surface area contributed by atoms with Crippen LogP contribution < -0.4 is 15.4 Å². The summed E-state index contributed by atoms with van der Waals surface area (Å²) in [6, 6.07) is 6.39. The lowest BCUT2D eigenvalue weighted by Crippen LogP contribution is -2.42. The van der Waals surface area contributed by atoms with E-state index in [0.717, 1.165) is 25.5 Å². The van der Waals surface area contributed by atoms with Crippen LogP contribution in [0.15, 0.2) is 29.3 Å². The van der Waals surface area contributed by atoms with Crippen molar-refractivity contribution in [3.8, 4) is 5.75 Å². The Morgan fingerprint density at radius 1 is 1.39 bits per heavy atom. The average Bonchev–Trinajstić information content (AvgIpc) is 2.38. The summed E-state index contributed by atoms with van der Waals surface area (Å²) in [5.74, 6) is 0.752. The van der Waals surface area contributed by atoms with Crippen LogP contribution in [0.3, 0.4) is 0 Å². The molecule has 0 aromatic heterocycles. The van der Waals surface area contributed by atoms with E-state index in [4.69, 9.17) is 4.74 Å². The van der Waals surface area contributed by atoms with Crippen LogP contribution in [0.25, 0.3) is 0 Å². The van der Waals surface area contributed by atoms with Crippen molar-refractivity contribution >= 4 is 29.9 Å². The second-order valence-electron chi connectivity index (χ2n) is 3.72. The van der Waals surface area contributed by atoms with Gasteiger partial charge in [-0.2, -0.15) is 0 Å². The third-order valence-corrected chi connectivity index (χ3v) is 2.39. The Bertz CT molecular complexity index is 401. The number of para-hydroxylation sites is 1. The lowest BCUT2D eigenvalue weighted by Gasteiger charge is -2.16. The topological polar surface area (TPSA) is 45.6 Å². The first-order chi connectivity index (χ1) is 8.36. The Kier molecular flexibility index (Phi) is 6.77. The molecule has 0 saturated carbocycles. The van der Waals surface area contributed by atoms with Crippen molar-refractivity contribution in [3.05, 3.63) is 30.1 Å². The van der Waals surface area contributed by atoms with Crippen LogP contribution in [0.1, 0.15) is 6.42 Å². The molecule has 1 heterocycles. The maximum atomic E-state index is 13.2. The standard InChI is InChI=1S/C12H16FN3O.HI/c13-10-4-1-2-5-11(10)17-9-8-16-12-14-6-3-7-15-12;/h1-2,4-5H,3,6-9H2,(H2,14,15,16);1H. The average molecular weight is 365 g/mol. The summed E-state index contributed by atoms with van der Waals surface area (Å²) < 4.78 is 18.5. The van der Waals surface area contributed by atoms with Gasteiger partial charge in [0.15, 0.2) is 17.5 Å². The van der Waals surface area contributed by atoms with Gasteiger partial charge in [-0.25, -0.2) is 4.39 Å². The minimum atomic E-state index is -0.333. The van der Waals surface area contributed by atoms with Crippen LogP contribution in [0, 0.1) is 5.82 Å². The highest BCUT2D eigenvalue weighted by Crippen LogP contribution is 2.14. The van der Waals surface area contributed by atoms with E-state index in [1.807, 2.05) is 0 Å². The van der Waals surface area contributed by atoms with Gasteiger partial charge in [0.1, 0.15) is 6.61 Å². The van der Waals surface area contributed by atoms with Gasteiger partial charge in [-0.15, -0.1) is 24.0 Å². The van der Waals surface area contributed by atoms with Gasteiger partial charge in [0.2, 0.25) is 0 Å². The molecule has 2 rings (SSSR count). The zero-order chi connectivity index (χ0) is 11.9. The van der Waals surface area contributed by atoms with Gasteiger partial charge in [0, 0.05) is 13.1 Å². The quantitative estimate of drug-likeness (QED) is 0.632. The van der Waals surface area contributed by atoms with Crippen LogP contribution in [-0.2, 0) is 0 Å². The van der Waals surface area contributed by atoms with Gasteiger partial charge >= 0.3 is 0 Å². The molecule has 0 amide bonds. The first kappa shape index (κ1) is 15.0. The van der Waals surface area contributed by atoms with Crippen LogP contribution in [-0.4, -0.2) is 32.2 Å². The smallest absolute Gasteiger partial charge is 0.191 e. The van der Waals surface area contributed by atoms with Crippen molar-refractivity contribution in [2.24, 2.45) is 4.99 Å². The fourth-order valence-corrected chi connectivity index (χ4v) is 1.54. The molecule has 0 spiro atoms. The van der Waals surface area contributed by atoms with Crippen molar-refractivity contribution in [1.82, 2.24) is 10.6 Å². The minimum absolute atomic E-state index is 0. The molecular formula is C12H17FIN3O. The van der Waals surface area contributed by atoms with Crippen molar-refractivity contribution in [2.75, 3.05) is 26.2 Å². The summed E-state index contributed by atoms with van der Waals surface area (Å²) in [5, 5.41) is 6.24. The molecular weight excluding hydrogens is 348 g/mol. The molecule has 100 valence electrons. The van der Waals surface area contributed by atoms with E-state index < -0.39 is 0 Å². The lowest BCUT2D eigenvalue weighted by atomic mass is 10.3. The number of ether oxygens (including phenoxy) is 1. The molecule has 0 radical (unpaired) electrons. The van der Waals surface area contributed by atoms with E-state index >= 15 is 0 Å². The van der Waals surface area contributed by atoms with Gasteiger partial charge in [-0.1, -0.05) is 12.1 Å². The third-order valence-electron chi connectivity index (χ3n) is 2.39. The molecule has 18 heavy (non-hydrogen) atoms. The van der Waals surface area contributed by atoms with Crippen molar-refractivity contribution in [3.63, 3.8) is 0 Å². The molecule has 1 aliphatic rings. The summed E-state index contributed by atoms with van der Waals surface area (Å²) >= 11 is 0. The summed E-state index contributed by atoms with van der Waals surface area (Å²) in [4.78, 5) is 4.26. The molecule has 1 aromatic rings. The number of hydrogen-bond acceptors (Lipinski definition) is 4. The Labute approximate surface area is 123 Å². The first-order valence-corrected chi connectivity index (χ1v) is 5.76. The number of nitrogens with one attached hydrogen (secondary N) is 2. The summed E-state index contributed by atoms with van der Waals surface area (Å²) in [7, 11) is 0. The summed E-state index contributed by atoms with van der Waals surface area (Å²) in [6.07, 6.45) is 1.07. The largest absolute Gasteiger partial charge is 0.489 e. The number of aliphatic imine (C=N–C) groups is 1. The summed E-state index contributed by atoms with van der Waals surface area (Å²) in [6.45, 7) is 2.80. The van der Waals surface area contributed by atoms with Crippen molar-refractivity contribution in [1.29, 1.82) is 0 Å². The number of nitrogens with zero attached hydrogens (tertiary/aromatic N) is 1. The SMILES string of the molecule is Fc1ccccc1OCCNC1=NCCCN1.I. The number of halogens is 2. The zero-order valence-electron chi connectivity index (χ0n) is 9.99. The molecule has 2 N–H and O–H groups in total. The predicted octanol–water partition coefficient (Wildman–Crippen LogP) is 1.76. The molecule has 1 aromatic carbocycles. The molecule has 6 heteroatoms. The maximum Gasteiger partial charge on any atom is 0.191 e. The van der Waals surface area contributed by atoms with E-state index in [1.54, 1.807) is 18.2 Å². The minimum Gasteiger partial charge on any atom is -0.489 e. The lowest BCUT2D eigenvalue weighted by molar-refractivity contribution is 0.305. The fraction of sp³-hybridized carbons (Fsp3) is 0.417. The van der Waals surface area contributed by atoms with Gasteiger partial charge in [0.05, 0.1) is 6.54 Å². The number of benzene rings is 1. The Balaban J connectivity index is 0.00000162. The highest BCUT2D eigenvalue weighted by Gasteiger charge is 2.03. The Hall–Kier alpha value is -1.05. The Morgan fingerprint density at radius 2 is 2.22 bits per heavy atom. The zero-order valence-corrected chi connectivity index (χ0v) is 12.3. The van der Waals surface area contributed by atoms with E-state index in [-0.39, 0.29) is 35.5 Å². The van der Waals surface area contributed by atoms with Gasteiger partial charge in [0.25, 0.3) is 0 Å². The predicted molar refractivity (Wildman–Crippen MR) is 80.2 cm³/mol. The molecule has 0 unspecified atom stereocenters. The van der Waals surface area contributed by atoms with Gasteiger partial charge in [-0.3, -0.25) is 4.99 Å². The van der Waals surface area contributed by atoms with E-state index in [1.165, 1.54) is 6.07 Å². The molecule has 0 aliphatic carbocycles. The highest BCUT2D eigenvalue weighted by molar-refractivity contribution is 14.0. The molecule has 1 aliphatic heterocycles. The first-order valence-electron chi connectivity index (χ1n) is 5.76. The Morgan fingerprint density at radius 3 is 2.94 bits per heavy atom. The summed E-state index contributed by atoms with van der Waals surface area (Å²) in [5.41, 5.74) is 0. The molecule has 4 nitrogen and oxygen atoms in total. The second-order valence-corrected chi connectivity index (χ2v) is 3.72. The number of guanidine groups is 1. The van der Waals surface area contributed by atoms with Crippen molar-refractivity contribution in [2.45, 2.75) is 6.42 Å². The number of hydrogen-bond donors (Lipinski definition) is 2. The molecule has 0 saturated heterocycles. The maximum absolute atomic E-state index is 13.2. The van der Waals surface area contributed by atoms with E-state index in [9.17, 15) is 4.39 Å². The third kappa shape index (κ3) is 4.67. The fourth-order valence-electron chi connectivity index (χ4n) is 1.54. The van der Waals surface area contributed by atoms with Crippen molar-refractivity contribution < 1.29 is 9.13 Å². The van der Waals surface area contributed by atoms with Crippen LogP contribution in [0.5, 0.6) is 5.75 Å². The number of rotatable bonds is 4. The molecule has 0 bridgehead atoms. The van der Waals surface area contributed by atoms with Gasteiger partial charge in [-0.05, 0) is 18.6 Å². The normalized spacial score (nSPS) is 13.9. The second kappa shape index (κ2) is 8.12. The molecule has 0 atom stereocenters. The van der Waals surface area contributed by atoms with E-state index in [0.29, 0.717) is 13.2 Å². The van der Waals surface area contributed by atoms with E-state index in [2.05, 4.69) is 15.6 Å². The monoisotopic (exact) mass is 365 g/mol. The van der Waals surface area contributed by atoms with Crippen LogP contribution >= 0.6 is 24.0 Å². The van der Waals surface area contributed by atoms with Crippen LogP contribution in [0.2, 0.25) is 0 Å². The van der Waals surface area contributed by atoms with Crippen LogP contribution in [0.4, 0.5) is 4.39 Å². The molecule has 0 fully saturated rings. The van der Waals surface area contributed by atoms with Gasteiger partial charge < -0.3 is 15.4 Å².